The van der Waals surface area contributed by atoms with E-state index in [1.807, 2.05) is 13.8 Å². The Morgan fingerprint density at radius 3 is 2.43 bits per heavy atom. The predicted octanol–water partition coefficient (Wildman–Crippen LogP) is 0.587. The lowest BCUT2D eigenvalue weighted by atomic mass is 10.2. The number of anilines is 1. The zero-order chi connectivity index (χ0) is 16.0. The summed E-state index contributed by atoms with van der Waals surface area (Å²) in [5.41, 5.74) is 5.51. The molecule has 0 atom stereocenters. The molecule has 0 aliphatic carbocycles. The van der Waals surface area contributed by atoms with Gasteiger partial charge in [-0.2, -0.15) is 0 Å². The Hall–Kier alpha value is -1.64. The van der Waals surface area contributed by atoms with Gasteiger partial charge in [0.2, 0.25) is 10.0 Å². The van der Waals surface area contributed by atoms with Crippen LogP contribution in [0.15, 0.2) is 23.1 Å². The first-order valence-corrected chi connectivity index (χ1v) is 8.15. The highest BCUT2D eigenvalue weighted by Gasteiger charge is 2.18. The van der Waals surface area contributed by atoms with E-state index < -0.39 is 16.0 Å². The van der Waals surface area contributed by atoms with Crippen molar-refractivity contribution >= 4 is 21.7 Å². The number of carbonyl (C=O) groups is 1. The smallest absolute Gasteiger partial charge is 0.335 e. The summed E-state index contributed by atoms with van der Waals surface area (Å²) in [5.74, 6) is -1.15. The van der Waals surface area contributed by atoms with Gasteiger partial charge in [-0.25, -0.2) is 17.9 Å². The number of aromatic carboxylic acids is 1. The Kier molecular flexibility index (Phi) is 6.13. The maximum absolute atomic E-state index is 12.1. The minimum atomic E-state index is -3.74. The van der Waals surface area contributed by atoms with Crippen molar-refractivity contribution in [1.82, 2.24) is 9.62 Å². The first-order chi connectivity index (χ1) is 9.81. The third kappa shape index (κ3) is 4.69. The summed E-state index contributed by atoms with van der Waals surface area (Å²) in [4.78, 5) is 12.8. The van der Waals surface area contributed by atoms with Gasteiger partial charge < -0.3 is 15.7 Å². The zero-order valence-corrected chi connectivity index (χ0v) is 13.0. The molecule has 0 saturated carbocycles. The molecule has 21 heavy (non-hydrogen) atoms. The van der Waals surface area contributed by atoms with Gasteiger partial charge in [-0.05, 0) is 31.3 Å². The molecular weight excluding hydrogens is 294 g/mol. The summed E-state index contributed by atoms with van der Waals surface area (Å²) in [7, 11) is -3.74. The van der Waals surface area contributed by atoms with E-state index in [1.165, 1.54) is 12.1 Å². The highest BCUT2D eigenvalue weighted by molar-refractivity contribution is 7.89. The normalized spacial score (nSPS) is 11.8. The number of rotatable bonds is 8. The maximum atomic E-state index is 12.1. The van der Waals surface area contributed by atoms with Crippen LogP contribution < -0.4 is 10.5 Å². The Balaban J connectivity index is 2.81. The second kappa shape index (κ2) is 7.39. The lowest BCUT2D eigenvalue weighted by molar-refractivity contribution is 0.0697. The number of carboxylic acid groups (broad SMARTS) is 1. The summed E-state index contributed by atoms with van der Waals surface area (Å²) < 4.78 is 26.7. The van der Waals surface area contributed by atoms with Crippen LogP contribution in [0.2, 0.25) is 0 Å². The quantitative estimate of drug-likeness (QED) is 0.605. The summed E-state index contributed by atoms with van der Waals surface area (Å²) >= 11 is 0. The fourth-order valence-electron chi connectivity index (χ4n) is 1.88. The summed E-state index contributed by atoms with van der Waals surface area (Å²) in [6.45, 7) is 6.55. The Morgan fingerprint density at radius 2 is 1.95 bits per heavy atom. The van der Waals surface area contributed by atoms with Crippen molar-refractivity contribution in [2.75, 3.05) is 31.9 Å². The van der Waals surface area contributed by atoms with E-state index >= 15 is 0 Å². The molecule has 0 amide bonds. The summed E-state index contributed by atoms with van der Waals surface area (Å²) in [6, 6.07) is 3.57. The molecule has 1 aromatic rings. The van der Waals surface area contributed by atoms with E-state index in [0.29, 0.717) is 6.54 Å². The Morgan fingerprint density at radius 1 is 1.33 bits per heavy atom. The van der Waals surface area contributed by atoms with Crippen LogP contribution in [-0.2, 0) is 10.0 Å². The third-order valence-electron chi connectivity index (χ3n) is 3.16. The van der Waals surface area contributed by atoms with Gasteiger partial charge in [0.15, 0.2) is 0 Å². The number of nitrogens with one attached hydrogen (secondary N) is 1. The molecule has 0 aliphatic heterocycles. The van der Waals surface area contributed by atoms with Gasteiger partial charge in [0.05, 0.1) is 11.3 Å². The largest absolute Gasteiger partial charge is 0.478 e. The van der Waals surface area contributed by atoms with Crippen LogP contribution in [-0.4, -0.2) is 50.6 Å². The molecule has 1 aromatic carbocycles. The van der Waals surface area contributed by atoms with E-state index in [-0.39, 0.29) is 22.7 Å². The maximum Gasteiger partial charge on any atom is 0.335 e. The van der Waals surface area contributed by atoms with E-state index in [2.05, 4.69) is 9.62 Å². The molecule has 7 nitrogen and oxygen atoms in total. The highest BCUT2D eigenvalue weighted by Crippen LogP contribution is 2.19. The van der Waals surface area contributed by atoms with Gasteiger partial charge in [0.25, 0.3) is 0 Å². The van der Waals surface area contributed by atoms with Crippen molar-refractivity contribution in [3.8, 4) is 0 Å². The predicted molar refractivity (Wildman–Crippen MR) is 80.8 cm³/mol. The molecule has 0 saturated heterocycles. The monoisotopic (exact) mass is 315 g/mol. The first kappa shape index (κ1) is 17.4. The van der Waals surface area contributed by atoms with Crippen LogP contribution in [0.4, 0.5) is 5.69 Å². The van der Waals surface area contributed by atoms with Gasteiger partial charge in [-0.3, -0.25) is 0 Å². The molecule has 0 fully saturated rings. The summed E-state index contributed by atoms with van der Waals surface area (Å²) in [5, 5.41) is 8.83. The number of hydrogen-bond donors (Lipinski definition) is 3. The van der Waals surface area contributed by atoms with Crippen molar-refractivity contribution in [3.63, 3.8) is 0 Å². The lowest BCUT2D eigenvalue weighted by Gasteiger charge is -2.18. The zero-order valence-electron chi connectivity index (χ0n) is 12.2. The van der Waals surface area contributed by atoms with E-state index in [0.717, 1.165) is 19.2 Å². The molecular formula is C13H21N3O4S. The van der Waals surface area contributed by atoms with Crippen molar-refractivity contribution in [1.29, 1.82) is 0 Å². The molecule has 1 rings (SSSR count). The van der Waals surface area contributed by atoms with Crippen LogP contribution in [0.1, 0.15) is 24.2 Å². The number of carboxylic acids is 1. The summed E-state index contributed by atoms with van der Waals surface area (Å²) in [6.07, 6.45) is 0. The average Bonchev–Trinajstić information content (AvgIpc) is 2.43. The number of nitrogens with zero attached hydrogens (tertiary/aromatic N) is 1. The van der Waals surface area contributed by atoms with E-state index in [1.54, 1.807) is 0 Å². The van der Waals surface area contributed by atoms with Gasteiger partial charge >= 0.3 is 5.97 Å². The Labute approximate surface area is 124 Å². The highest BCUT2D eigenvalue weighted by atomic mass is 32.2. The topological polar surface area (TPSA) is 113 Å². The van der Waals surface area contributed by atoms with Crippen LogP contribution in [0.5, 0.6) is 0 Å². The fourth-order valence-corrected chi connectivity index (χ4v) is 3.01. The van der Waals surface area contributed by atoms with Crippen LogP contribution in [0, 0.1) is 0 Å². The molecule has 118 valence electrons. The molecule has 4 N–H and O–H groups in total. The number of hydrogen-bond acceptors (Lipinski definition) is 5. The van der Waals surface area contributed by atoms with Crippen molar-refractivity contribution in [2.45, 2.75) is 18.7 Å². The molecule has 0 heterocycles. The second-order valence-electron chi connectivity index (χ2n) is 4.48. The molecule has 0 aromatic heterocycles. The minimum Gasteiger partial charge on any atom is -0.478 e. The van der Waals surface area contributed by atoms with Gasteiger partial charge in [0, 0.05) is 13.1 Å². The number of nitrogens with two attached hydrogens (primary N) is 1. The molecule has 8 heteroatoms. The minimum absolute atomic E-state index is 0.0467. The lowest BCUT2D eigenvalue weighted by Crippen LogP contribution is -2.35. The van der Waals surface area contributed by atoms with Crippen LogP contribution >= 0.6 is 0 Å². The van der Waals surface area contributed by atoms with Crippen molar-refractivity contribution in [3.05, 3.63) is 23.8 Å². The SMILES string of the molecule is CCN(CC)CCNS(=O)(=O)c1ccc(C(=O)O)cc1N. The van der Waals surface area contributed by atoms with Crippen molar-refractivity contribution < 1.29 is 18.3 Å². The van der Waals surface area contributed by atoms with E-state index in [9.17, 15) is 13.2 Å². The van der Waals surface area contributed by atoms with Gasteiger partial charge in [-0.15, -0.1) is 0 Å². The van der Waals surface area contributed by atoms with E-state index in [4.69, 9.17) is 10.8 Å². The van der Waals surface area contributed by atoms with Gasteiger partial charge in [-0.1, -0.05) is 13.8 Å². The third-order valence-corrected chi connectivity index (χ3v) is 4.70. The van der Waals surface area contributed by atoms with Gasteiger partial charge in [0.1, 0.15) is 4.90 Å². The molecule has 0 unspecified atom stereocenters. The molecule has 0 spiro atoms. The fraction of sp³-hybridized carbons (Fsp3) is 0.462. The van der Waals surface area contributed by atoms with Crippen molar-refractivity contribution in [2.24, 2.45) is 0 Å². The number of nitrogen functional groups attached to an aromatic ring is 1. The first-order valence-electron chi connectivity index (χ1n) is 6.66. The Bertz CT molecular complexity index is 597. The second-order valence-corrected chi connectivity index (χ2v) is 6.22. The number of sulfonamides is 1. The molecule has 0 bridgehead atoms. The number of benzene rings is 1. The molecule has 0 radical (unpaired) electrons. The average molecular weight is 315 g/mol. The van der Waals surface area contributed by atoms with Crippen LogP contribution in [0.3, 0.4) is 0 Å². The standard InChI is InChI=1S/C13H21N3O4S/c1-3-16(4-2)8-7-15-21(19,20)12-6-5-10(13(17)18)9-11(12)14/h5-6,9,15H,3-4,7-8,14H2,1-2H3,(H,17,18). The van der Waals surface area contributed by atoms with Crippen LogP contribution in [0.25, 0.3) is 0 Å². The molecule has 0 aliphatic rings. The number of likely N-dealkylation sites (N-methyl/N-ethyl adjacent to an activating group) is 1.